The third kappa shape index (κ3) is 5.86. The van der Waals surface area contributed by atoms with E-state index in [-0.39, 0.29) is 32.7 Å². The second kappa shape index (κ2) is 13.5. The zero-order valence-corrected chi connectivity index (χ0v) is 26.9. The van der Waals surface area contributed by atoms with Gasteiger partial charge in [0.05, 0.1) is 19.8 Å². The van der Waals surface area contributed by atoms with Crippen LogP contribution in [0.4, 0.5) is 0 Å². The summed E-state index contributed by atoms with van der Waals surface area (Å²) in [6.45, 7) is 5.69. The number of carbonyl (C=O) groups excluding carboxylic acids is 3. The molecule has 0 heterocycles. The van der Waals surface area contributed by atoms with E-state index in [0.717, 1.165) is 61.2 Å². The van der Waals surface area contributed by atoms with Crippen LogP contribution in [0.5, 0.6) is 0 Å². The minimum Gasteiger partial charge on any atom is -0.465 e. The van der Waals surface area contributed by atoms with Gasteiger partial charge < -0.3 is 14.2 Å². The van der Waals surface area contributed by atoms with E-state index in [0.29, 0.717) is 6.42 Å². The summed E-state index contributed by atoms with van der Waals surface area (Å²) in [4.78, 5) is 40.8. The molecule has 0 fully saturated rings. The van der Waals surface area contributed by atoms with Crippen LogP contribution >= 0.6 is 0 Å². The molecule has 0 amide bonds. The molecule has 6 nitrogen and oxygen atoms in total. The number of hydrogen-bond acceptors (Lipinski definition) is 6. The van der Waals surface area contributed by atoms with Crippen molar-refractivity contribution in [3.8, 4) is 34.1 Å². The van der Waals surface area contributed by atoms with E-state index in [9.17, 15) is 14.4 Å². The highest BCUT2D eigenvalue weighted by molar-refractivity contribution is 6.07. The van der Waals surface area contributed by atoms with Crippen molar-refractivity contribution < 1.29 is 28.6 Å². The Bertz CT molecular complexity index is 1920. The van der Waals surface area contributed by atoms with Gasteiger partial charge in [0.1, 0.15) is 0 Å². The van der Waals surface area contributed by atoms with E-state index in [2.05, 4.69) is 24.0 Å². The van der Waals surface area contributed by atoms with Crippen LogP contribution in [0.15, 0.2) is 91.0 Å². The van der Waals surface area contributed by atoms with Crippen LogP contribution < -0.4 is 0 Å². The van der Waals surface area contributed by atoms with E-state index in [4.69, 9.17) is 14.2 Å². The molecule has 2 aliphatic carbocycles. The Morgan fingerprint density at radius 2 is 1.28 bits per heavy atom. The predicted octanol–water partition coefficient (Wildman–Crippen LogP) is 7.13. The van der Waals surface area contributed by atoms with Crippen molar-refractivity contribution in [1.82, 2.24) is 0 Å². The van der Waals surface area contributed by atoms with Gasteiger partial charge in [0, 0.05) is 35.6 Å². The van der Waals surface area contributed by atoms with Gasteiger partial charge in [-0.25, -0.2) is 4.79 Å². The monoisotopic (exact) mass is 624 g/mol. The Kier molecular flexibility index (Phi) is 9.08. The van der Waals surface area contributed by atoms with Gasteiger partial charge in [-0.05, 0) is 83.8 Å². The van der Waals surface area contributed by atoms with Gasteiger partial charge in [-0.1, -0.05) is 84.6 Å². The van der Waals surface area contributed by atoms with Crippen molar-refractivity contribution >= 4 is 23.5 Å². The van der Waals surface area contributed by atoms with Gasteiger partial charge in [-0.3, -0.25) is 9.59 Å². The lowest BCUT2D eigenvalue weighted by atomic mass is 9.73. The minimum absolute atomic E-state index is 0.0553. The summed E-state index contributed by atoms with van der Waals surface area (Å²) in [6, 6.07) is 27.9. The summed E-state index contributed by atoms with van der Waals surface area (Å²) in [5, 5.41) is 0. The standard InChI is InChI=1S/C41H36O6/c1-4-45-35(42)24-30-23-29-19-13-14-20-31(29)38-36(28-17-11-8-12-18-28)32(22-21-27-15-9-7-10-16-27)33-25-41(39(43)46-5-2,40(44)47-6-3)26-34(33)37(30)38/h7-20,24H,4-6,23,25-26H2,1-3H3/b30-24+. The molecule has 2 aliphatic rings. The van der Waals surface area contributed by atoms with Crippen LogP contribution in [0, 0.1) is 17.3 Å². The van der Waals surface area contributed by atoms with E-state index < -0.39 is 23.3 Å². The Morgan fingerprint density at radius 3 is 1.94 bits per heavy atom. The summed E-state index contributed by atoms with van der Waals surface area (Å²) in [5.41, 5.74) is 7.91. The zero-order chi connectivity index (χ0) is 33.0. The van der Waals surface area contributed by atoms with Crippen LogP contribution in [0.2, 0.25) is 0 Å². The average molecular weight is 625 g/mol. The molecule has 4 aromatic carbocycles. The first kappa shape index (κ1) is 31.6. The summed E-state index contributed by atoms with van der Waals surface area (Å²) in [7, 11) is 0. The van der Waals surface area contributed by atoms with Crippen LogP contribution in [0.3, 0.4) is 0 Å². The number of rotatable bonds is 7. The summed E-state index contributed by atoms with van der Waals surface area (Å²) in [6.07, 6.45) is 2.14. The molecule has 0 N–H and O–H groups in total. The normalized spacial score (nSPS) is 14.6. The Labute approximate surface area is 275 Å². The van der Waals surface area contributed by atoms with Crippen LogP contribution in [-0.4, -0.2) is 37.7 Å². The van der Waals surface area contributed by atoms with E-state index in [1.807, 2.05) is 72.8 Å². The van der Waals surface area contributed by atoms with Gasteiger partial charge in [0.25, 0.3) is 0 Å². The van der Waals surface area contributed by atoms with E-state index in [1.54, 1.807) is 26.8 Å². The second-order valence-electron chi connectivity index (χ2n) is 11.6. The van der Waals surface area contributed by atoms with Crippen LogP contribution in [0.25, 0.3) is 27.8 Å². The molecule has 6 heteroatoms. The van der Waals surface area contributed by atoms with Gasteiger partial charge in [-0.2, -0.15) is 0 Å². The Morgan fingerprint density at radius 1 is 0.681 bits per heavy atom. The number of hydrogen-bond donors (Lipinski definition) is 0. The fourth-order valence-corrected chi connectivity index (χ4v) is 6.79. The number of esters is 3. The van der Waals surface area contributed by atoms with Crippen molar-refractivity contribution in [3.63, 3.8) is 0 Å². The largest absolute Gasteiger partial charge is 0.465 e. The Balaban J connectivity index is 1.77. The quantitative estimate of drug-likeness (QED) is 0.0716. The van der Waals surface area contributed by atoms with Crippen molar-refractivity contribution in [1.29, 1.82) is 0 Å². The van der Waals surface area contributed by atoms with Crippen LogP contribution in [-0.2, 0) is 47.9 Å². The number of allylic oxidation sites excluding steroid dienone is 1. The first-order chi connectivity index (χ1) is 22.9. The number of carbonyl (C=O) groups is 3. The first-order valence-electron chi connectivity index (χ1n) is 16.1. The van der Waals surface area contributed by atoms with Crippen molar-refractivity contribution in [2.45, 2.75) is 40.0 Å². The molecule has 0 saturated carbocycles. The third-order valence-electron chi connectivity index (χ3n) is 8.74. The molecule has 0 radical (unpaired) electrons. The average Bonchev–Trinajstić information content (AvgIpc) is 3.50. The summed E-state index contributed by atoms with van der Waals surface area (Å²) >= 11 is 0. The smallest absolute Gasteiger partial charge is 0.331 e. The Hall–Kier alpha value is -5.41. The maximum Gasteiger partial charge on any atom is 0.331 e. The van der Waals surface area contributed by atoms with Gasteiger partial charge in [0.15, 0.2) is 5.41 Å². The highest BCUT2D eigenvalue weighted by atomic mass is 16.6. The molecule has 6 rings (SSSR count). The lowest BCUT2D eigenvalue weighted by molar-refractivity contribution is -0.171. The number of benzene rings is 4. The summed E-state index contributed by atoms with van der Waals surface area (Å²) < 4.78 is 16.5. The molecular formula is C41H36O6. The van der Waals surface area contributed by atoms with Gasteiger partial charge in [0.2, 0.25) is 0 Å². The van der Waals surface area contributed by atoms with Crippen molar-refractivity contribution in [2.24, 2.45) is 5.41 Å². The first-order valence-corrected chi connectivity index (χ1v) is 16.1. The van der Waals surface area contributed by atoms with E-state index >= 15 is 0 Å². The van der Waals surface area contributed by atoms with Crippen LogP contribution in [0.1, 0.15) is 54.2 Å². The molecule has 47 heavy (non-hydrogen) atoms. The second-order valence-corrected chi connectivity index (χ2v) is 11.6. The number of ether oxygens (including phenoxy) is 3. The molecule has 4 aromatic rings. The molecule has 0 aromatic heterocycles. The fraction of sp³-hybridized carbons (Fsp3) is 0.244. The topological polar surface area (TPSA) is 78.9 Å². The van der Waals surface area contributed by atoms with Crippen molar-refractivity contribution in [3.05, 3.63) is 124 Å². The maximum absolute atomic E-state index is 13.9. The van der Waals surface area contributed by atoms with E-state index in [1.165, 1.54) is 0 Å². The lowest BCUT2D eigenvalue weighted by Gasteiger charge is -2.29. The molecular weight excluding hydrogens is 588 g/mol. The predicted molar refractivity (Wildman–Crippen MR) is 181 cm³/mol. The molecule has 0 unspecified atom stereocenters. The van der Waals surface area contributed by atoms with Gasteiger partial charge in [-0.15, -0.1) is 0 Å². The SMILES string of the molecule is CCOC(=O)/C=C1\Cc2ccccc2-c2c1c1c(c(C#Cc3ccccc3)c2-c2ccccc2)CC(C(=O)OCC)(C(=O)OCC)C1. The molecule has 0 atom stereocenters. The molecule has 0 saturated heterocycles. The lowest BCUT2D eigenvalue weighted by Crippen LogP contribution is -2.43. The minimum atomic E-state index is -1.60. The zero-order valence-electron chi connectivity index (χ0n) is 26.9. The highest BCUT2D eigenvalue weighted by Crippen LogP contribution is 2.54. The third-order valence-corrected chi connectivity index (χ3v) is 8.74. The van der Waals surface area contributed by atoms with Crippen molar-refractivity contribution in [2.75, 3.05) is 19.8 Å². The van der Waals surface area contributed by atoms with Gasteiger partial charge >= 0.3 is 17.9 Å². The fourth-order valence-electron chi connectivity index (χ4n) is 6.79. The molecule has 236 valence electrons. The highest BCUT2D eigenvalue weighted by Gasteiger charge is 2.55. The molecule has 0 spiro atoms. The number of fused-ring (bicyclic) bond motifs is 5. The molecule has 0 bridgehead atoms. The maximum atomic E-state index is 13.9. The molecule has 0 aliphatic heterocycles. The summed E-state index contributed by atoms with van der Waals surface area (Å²) in [5.74, 6) is 5.16.